The minimum atomic E-state index is 0.101. The zero-order valence-electron chi connectivity index (χ0n) is 23.0. The molecule has 0 spiro atoms. The maximum absolute atomic E-state index is 6.60. The number of likely N-dealkylation sites (tertiary alicyclic amines) is 2. The van der Waals surface area contributed by atoms with Crippen LogP contribution in [-0.2, 0) is 11.3 Å². The van der Waals surface area contributed by atoms with E-state index in [1.807, 2.05) is 18.4 Å². The third-order valence-corrected chi connectivity index (χ3v) is 9.85. The lowest BCUT2D eigenvalue weighted by atomic mass is 9.79. The maximum atomic E-state index is 6.60. The summed E-state index contributed by atoms with van der Waals surface area (Å²) >= 11 is 8.44. The summed E-state index contributed by atoms with van der Waals surface area (Å²) in [5, 5.41) is 5.52. The lowest BCUT2D eigenvalue weighted by Gasteiger charge is -2.40. The Morgan fingerprint density at radius 2 is 1.81 bits per heavy atom. The second-order valence-electron chi connectivity index (χ2n) is 11.5. The van der Waals surface area contributed by atoms with Crippen molar-refractivity contribution >= 4 is 22.9 Å². The molecule has 1 aromatic carbocycles. The highest BCUT2D eigenvalue weighted by Gasteiger charge is 2.37. The normalized spacial score (nSPS) is 22.5. The number of hydrogen-bond acceptors (Lipinski definition) is 4. The van der Waals surface area contributed by atoms with Gasteiger partial charge < -0.3 is 9.64 Å². The van der Waals surface area contributed by atoms with E-state index in [4.69, 9.17) is 16.3 Å². The van der Waals surface area contributed by atoms with Crippen molar-refractivity contribution < 1.29 is 4.74 Å². The minimum absolute atomic E-state index is 0.101. The molecule has 2 atom stereocenters. The van der Waals surface area contributed by atoms with Crippen molar-refractivity contribution in [1.29, 1.82) is 0 Å². The molecule has 5 heteroatoms. The number of hydrogen-bond donors (Lipinski definition) is 0. The van der Waals surface area contributed by atoms with Crippen molar-refractivity contribution in [3.63, 3.8) is 0 Å². The van der Waals surface area contributed by atoms with Crippen molar-refractivity contribution in [3.05, 3.63) is 56.7 Å². The first-order chi connectivity index (χ1) is 17.4. The standard InChI is InChI=1S/C31H47ClN2OS/c1-5-12-31(35-4,13-6-2)18-25-9-14-33(15-10-25)20-28-21-34(22-29(28)27-11-16-36-23-27)19-26-8-7-24(3)17-30(26)32/h7-8,11,16-17,23,25,28-29H,5-6,9-10,12-15,18-22H2,1-4H3. The van der Waals surface area contributed by atoms with Gasteiger partial charge in [0.25, 0.3) is 0 Å². The average molecular weight is 531 g/mol. The molecule has 2 aromatic rings. The van der Waals surface area contributed by atoms with Crippen LogP contribution in [-0.4, -0.2) is 55.2 Å². The van der Waals surface area contributed by atoms with Crippen molar-refractivity contribution in [3.8, 4) is 0 Å². The van der Waals surface area contributed by atoms with E-state index in [0.717, 1.165) is 30.6 Å². The van der Waals surface area contributed by atoms with Gasteiger partial charge in [0.05, 0.1) is 5.60 Å². The molecule has 2 aliphatic heterocycles. The number of rotatable bonds is 12. The van der Waals surface area contributed by atoms with Gasteiger partial charge in [0.1, 0.15) is 0 Å². The van der Waals surface area contributed by atoms with Gasteiger partial charge >= 0.3 is 0 Å². The molecular formula is C31H47ClN2OS. The molecule has 200 valence electrons. The van der Waals surface area contributed by atoms with E-state index in [9.17, 15) is 0 Å². The summed E-state index contributed by atoms with van der Waals surface area (Å²) in [5.41, 5.74) is 4.12. The Labute approximate surface area is 229 Å². The zero-order chi connectivity index (χ0) is 25.5. The molecule has 4 rings (SSSR count). The Hall–Kier alpha value is -0.910. The molecule has 2 unspecified atom stereocenters. The van der Waals surface area contributed by atoms with Crippen LogP contribution in [0.4, 0.5) is 0 Å². The van der Waals surface area contributed by atoms with E-state index < -0.39 is 0 Å². The van der Waals surface area contributed by atoms with E-state index in [1.54, 1.807) is 0 Å². The minimum Gasteiger partial charge on any atom is -0.378 e. The third-order valence-electron chi connectivity index (χ3n) is 8.80. The van der Waals surface area contributed by atoms with E-state index in [1.165, 1.54) is 81.3 Å². The number of benzene rings is 1. The maximum Gasteiger partial charge on any atom is 0.0681 e. The summed E-state index contributed by atoms with van der Waals surface area (Å²) in [5.74, 6) is 2.10. The first-order valence-corrected chi connectivity index (χ1v) is 15.5. The van der Waals surface area contributed by atoms with E-state index in [0.29, 0.717) is 11.8 Å². The fourth-order valence-corrected chi connectivity index (χ4v) is 7.94. The molecule has 0 saturated carbocycles. The van der Waals surface area contributed by atoms with Gasteiger partial charge in [-0.2, -0.15) is 11.3 Å². The molecule has 2 saturated heterocycles. The molecule has 2 fully saturated rings. The molecule has 0 aliphatic carbocycles. The van der Waals surface area contributed by atoms with Crippen LogP contribution in [0.2, 0.25) is 5.02 Å². The van der Waals surface area contributed by atoms with Crippen LogP contribution in [0.25, 0.3) is 0 Å². The fraction of sp³-hybridized carbons (Fsp3) is 0.677. The largest absolute Gasteiger partial charge is 0.378 e. The van der Waals surface area contributed by atoms with Gasteiger partial charge in [-0.15, -0.1) is 0 Å². The van der Waals surface area contributed by atoms with Crippen LogP contribution in [0, 0.1) is 18.8 Å². The second kappa shape index (κ2) is 13.2. The van der Waals surface area contributed by atoms with Gasteiger partial charge in [-0.1, -0.05) is 50.4 Å². The molecule has 0 bridgehead atoms. The van der Waals surface area contributed by atoms with E-state index in [-0.39, 0.29) is 5.60 Å². The van der Waals surface area contributed by atoms with Crippen LogP contribution >= 0.6 is 22.9 Å². The molecular weight excluding hydrogens is 484 g/mol. The monoisotopic (exact) mass is 530 g/mol. The highest BCUT2D eigenvalue weighted by molar-refractivity contribution is 7.08. The average Bonchev–Trinajstić information content (AvgIpc) is 3.52. The Morgan fingerprint density at radius 3 is 2.42 bits per heavy atom. The predicted molar refractivity (Wildman–Crippen MR) is 155 cm³/mol. The topological polar surface area (TPSA) is 15.7 Å². The molecule has 0 radical (unpaired) electrons. The lowest BCUT2D eigenvalue weighted by Crippen LogP contribution is -2.41. The van der Waals surface area contributed by atoms with Gasteiger partial charge in [0.2, 0.25) is 0 Å². The van der Waals surface area contributed by atoms with Crippen molar-refractivity contribution in [2.24, 2.45) is 11.8 Å². The third kappa shape index (κ3) is 7.14. The lowest BCUT2D eigenvalue weighted by molar-refractivity contribution is -0.0500. The van der Waals surface area contributed by atoms with E-state index >= 15 is 0 Å². The van der Waals surface area contributed by atoms with Gasteiger partial charge in [-0.05, 0) is 104 Å². The number of aryl methyl sites for hydroxylation is 1. The Balaban J connectivity index is 1.35. The Bertz CT molecular complexity index is 919. The number of methoxy groups -OCH3 is 1. The fourth-order valence-electron chi connectivity index (χ4n) is 6.92. The Morgan fingerprint density at radius 1 is 1.06 bits per heavy atom. The number of ether oxygens (including phenoxy) is 1. The molecule has 0 N–H and O–H groups in total. The molecule has 36 heavy (non-hydrogen) atoms. The summed E-state index contributed by atoms with van der Waals surface area (Å²) < 4.78 is 6.16. The van der Waals surface area contributed by atoms with Gasteiger partial charge in [0, 0.05) is 44.2 Å². The summed E-state index contributed by atoms with van der Waals surface area (Å²) in [7, 11) is 1.95. The van der Waals surface area contributed by atoms with Gasteiger partial charge in [-0.25, -0.2) is 0 Å². The van der Waals surface area contributed by atoms with E-state index in [2.05, 4.69) is 65.6 Å². The molecule has 0 amide bonds. The number of thiophene rings is 1. The van der Waals surface area contributed by atoms with Crippen molar-refractivity contribution in [2.75, 3.05) is 39.8 Å². The van der Waals surface area contributed by atoms with Crippen LogP contribution in [0.3, 0.4) is 0 Å². The summed E-state index contributed by atoms with van der Waals surface area (Å²) in [4.78, 5) is 5.40. The zero-order valence-corrected chi connectivity index (χ0v) is 24.5. The van der Waals surface area contributed by atoms with Crippen LogP contribution in [0.1, 0.15) is 81.4 Å². The van der Waals surface area contributed by atoms with Gasteiger partial charge in [0.15, 0.2) is 0 Å². The summed E-state index contributed by atoms with van der Waals surface area (Å²) in [6, 6.07) is 8.86. The Kier molecular flexibility index (Phi) is 10.3. The van der Waals surface area contributed by atoms with Gasteiger partial charge in [-0.3, -0.25) is 4.90 Å². The van der Waals surface area contributed by atoms with Crippen LogP contribution in [0.15, 0.2) is 35.0 Å². The molecule has 2 aliphatic rings. The summed E-state index contributed by atoms with van der Waals surface area (Å²) in [6.45, 7) is 13.6. The smallest absolute Gasteiger partial charge is 0.0681 e. The second-order valence-corrected chi connectivity index (χ2v) is 12.7. The summed E-state index contributed by atoms with van der Waals surface area (Å²) in [6.07, 6.45) is 8.69. The molecule has 3 heterocycles. The number of halogens is 1. The highest BCUT2D eigenvalue weighted by Crippen LogP contribution is 2.38. The van der Waals surface area contributed by atoms with Crippen molar-refractivity contribution in [1.82, 2.24) is 9.80 Å². The SMILES string of the molecule is CCCC(CCC)(CC1CCN(CC2CN(Cc3ccc(C)cc3Cl)CC2c2ccsc2)CC1)OC. The molecule has 3 nitrogen and oxygen atoms in total. The first-order valence-electron chi connectivity index (χ1n) is 14.2. The quantitative estimate of drug-likeness (QED) is 0.276. The van der Waals surface area contributed by atoms with Crippen LogP contribution < -0.4 is 0 Å². The van der Waals surface area contributed by atoms with Crippen molar-refractivity contribution in [2.45, 2.75) is 83.8 Å². The highest BCUT2D eigenvalue weighted by atomic mass is 35.5. The molecule has 1 aromatic heterocycles. The van der Waals surface area contributed by atoms with Crippen LogP contribution in [0.5, 0.6) is 0 Å². The predicted octanol–water partition coefficient (Wildman–Crippen LogP) is 8.01. The number of nitrogens with zero attached hydrogens (tertiary/aromatic N) is 2. The number of piperidine rings is 1. The first kappa shape index (κ1) is 28.1.